The van der Waals surface area contributed by atoms with Gasteiger partial charge in [-0.3, -0.25) is 0 Å². The van der Waals surface area contributed by atoms with Crippen molar-refractivity contribution in [2.24, 2.45) is 0 Å². The zero-order chi connectivity index (χ0) is 12.9. The molecule has 96 valence electrons. The molecule has 0 bridgehead atoms. The Hall–Kier alpha value is -1.91. The molecule has 2 aliphatic rings. The van der Waals surface area contributed by atoms with Crippen molar-refractivity contribution in [1.29, 1.82) is 0 Å². The summed E-state index contributed by atoms with van der Waals surface area (Å²) in [6, 6.07) is 3.03. The van der Waals surface area contributed by atoms with Gasteiger partial charge in [-0.1, -0.05) is 0 Å². The Balaban J connectivity index is 2.07. The van der Waals surface area contributed by atoms with Gasteiger partial charge in [-0.25, -0.2) is 4.79 Å². The molecule has 1 heterocycles. The Morgan fingerprint density at radius 2 is 2.06 bits per heavy atom. The van der Waals surface area contributed by atoms with Gasteiger partial charge in [0.15, 0.2) is 11.5 Å². The highest BCUT2D eigenvalue weighted by Gasteiger charge is 2.39. The zero-order valence-electron chi connectivity index (χ0n) is 10.2. The van der Waals surface area contributed by atoms with Gasteiger partial charge in [0.25, 0.3) is 0 Å². The molecule has 0 amide bonds. The largest absolute Gasteiger partial charge is 0.504 e. The van der Waals surface area contributed by atoms with Crippen molar-refractivity contribution in [2.75, 3.05) is 0 Å². The molecular formula is C13H14O5. The predicted molar refractivity (Wildman–Crippen MR) is 61.9 cm³/mol. The van der Waals surface area contributed by atoms with Crippen LogP contribution in [0.15, 0.2) is 12.1 Å². The van der Waals surface area contributed by atoms with Crippen LogP contribution in [0, 0.1) is 0 Å². The van der Waals surface area contributed by atoms with Crippen LogP contribution in [0.25, 0.3) is 0 Å². The standard InChI is InChI=1S/C13H14O5/c1-13(2)17-11-8(14)5-6-9(16-7-3-4-7)10(11)12(15)18-13/h5-7,14H,3-4H2,1-2H3. The monoisotopic (exact) mass is 250 g/mol. The first-order valence-corrected chi connectivity index (χ1v) is 5.91. The maximum absolute atomic E-state index is 12.0. The lowest BCUT2D eigenvalue weighted by atomic mass is 10.1. The van der Waals surface area contributed by atoms with Crippen LogP contribution in [-0.2, 0) is 4.74 Å². The minimum Gasteiger partial charge on any atom is -0.504 e. The fourth-order valence-corrected chi connectivity index (χ4v) is 1.85. The number of ether oxygens (including phenoxy) is 3. The maximum atomic E-state index is 12.0. The number of carbonyl (C=O) groups is 1. The van der Waals surface area contributed by atoms with Gasteiger partial charge < -0.3 is 19.3 Å². The number of hydrogen-bond acceptors (Lipinski definition) is 5. The van der Waals surface area contributed by atoms with Gasteiger partial charge in [0.05, 0.1) is 6.10 Å². The first-order valence-electron chi connectivity index (χ1n) is 5.91. The topological polar surface area (TPSA) is 65.0 Å². The number of hydrogen-bond donors (Lipinski definition) is 1. The Morgan fingerprint density at radius 1 is 1.33 bits per heavy atom. The van der Waals surface area contributed by atoms with E-state index in [2.05, 4.69) is 0 Å². The van der Waals surface area contributed by atoms with Crippen LogP contribution in [0.5, 0.6) is 17.2 Å². The van der Waals surface area contributed by atoms with Gasteiger partial charge in [0, 0.05) is 13.8 Å². The van der Waals surface area contributed by atoms with E-state index in [9.17, 15) is 9.90 Å². The molecule has 0 spiro atoms. The Bertz CT molecular complexity index is 516. The van der Waals surface area contributed by atoms with Crippen molar-refractivity contribution >= 4 is 5.97 Å². The van der Waals surface area contributed by atoms with Crippen molar-refractivity contribution in [3.8, 4) is 17.2 Å². The Labute approximate surface area is 104 Å². The van der Waals surface area contributed by atoms with E-state index in [1.165, 1.54) is 6.07 Å². The van der Waals surface area contributed by atoms with Crippen molar-refractivity contribution in [1.82, 2.24) is 0 Å². The molecule has 1 fully saturated rings. The lowest BCUT2D eigenvalue weighted by molar-refractivity contribution is -0.128. The van der Waals surface area contributed by atoms with Gasteiger partial charge in [-0.05, 0) is 25.0 Å². The second kappa shape index (κ2) is 3.54. The van der Waals surface area contributed by atoms with E-state index in [1.54, 1.807) is 19.9 Å². The third-order valence-electron chi connectivity index (χ3n) is 2.81. The Morgan fingerprint density at radius 3 is 2.72 bits per heavy atom. The summed E-state index contributed by atoms with van der Waals surface area (Å²) in [7, 11) is 0. The predicted octanol–water partition coefficient (Wildman–Crippen LogP) is 2.22. The number of aromatic hydroxyl groups is 1. The summed E-state index contributed by atoms with van der Waals surface area (Å²) in [5.41, 5.74) is 0.168. The van der Waals surface area contributed by atoms with Crippen LogP contribution in [0.1, 0.15) is 37.0 Å². The second-order valence-corrected chi connectivity index (χ2v) is 5.00. The van der Waals surface area contributed by atoms with Crippen LogP contribution < -0.4 is 9.47 Å². The van der Waals surface area contributed by atoms with Gasteiger partial charge in [0.1, 0.15) is 11.3 Å². The molecule has 0 atom stereocenters. The zero-order valence-corrected chi connectivity index (χ0v) is 10.2. The molecule has 5 nitrogen and oxygen atoms in total. The smallest absolute Gasteiger partial charge is 0.349 e. The average molecular weight is 250 g/mol. The molecule has 1 aliphatic carbocycles. The van der Waals surface area contributed by atoms with E-state index in [-0.39, 0.29) is 23.2 Å². The van der Waals surface area contributed by atoms with Gasteiger partial charge >= 0.3 is 5.97 Å². The van der Waals surface area contributed by atoms with Crippen LogP contribution >= 0.6 is 0 Å². The molecule has 1 N–H and O–H groups in total. The molecule has 0 saturated heterocycles. The van der Waals surface area contributed by atoms with E-state index in [4.69, 9.17) is 14.2 Å². The van der Waals surface area contributed by atoms with Crippen LogP contribution in [-0.4, -0.2) is 23.0 Å². The highest BCUT2D eigenvalue weighted by molar-refractivity contribution is 5.97. The fraction of sp³-hybridized carbons (Fsp3) is 0.462. The van der Waals surface area contributed by atoms with Crippen molar-refractivity contribution in [3.63, 3.8) is 0 Å². The lowest BCUT2D eigenvalue weighted by Crippen LogP contribution is -2.39. The molecular weight excluding hydrogens is 236 g/mol. The maximum Gasteiger partial charge on any atom is 0.349 e. The summed E-state index contributed by atoms with van der Waals surface area (Å²) in [4.78, 5) is 12.0. The van der Waals surface area contributed by atoms with Crippen molar-refractivity contribution < 1.29 is 24.1 Å². The summed E-state index contributed by atoms with van der Waals surface area (Å²) in [5, 5.41) is 9.79. The number of esters is 1. The van der Waals surface area contributed by atoms with Gasteiger partial charge in [-0.15, -0.1) is 0 Å². The highest BCUT2D eigenvalue weighted by atomic mass is 16.7. The van der Waals surface area contributed by atoms with Crippen molar-refractivity contribution in [3.05, 3.63) is 17.7 Å². The highest BCUT2D eigenvalue weighted by Crippen LogP contribution is 2.44. The normalized spacial score (nSPS) is 20.7. The number of carbonyl (C=O) groups excluding carboxylic acids is 1. The third kappa shape index (κ3) is 1.85. The first kappa shape index (κ1) is 11.2. The Kier molecular flexibility index (Phi) is 2.20. The summed E-state index contributed by atoms with van der Waals surface area (Å²) >= 11 is 0. The van der Waals surface area contributed by atoms with E-state index in [0.717, 1.165) is 12.8 Å². The summed E-state index contributed by atoms with van der Waals surface area (Å²) < 4.78 is 16.3. The molecule has 5 heteroatoms. The van der Waals surface area contributed by atoms with Crippen LogP contribution in [0.4, 0.5) is 0 Å². The number of phenolic OH excluding ortho intramolecular Hbond substituents is 1. The van der Waals surface area contributed by atoms with Crippen LogP contribution in [0.3, 0.4) is 0 Å². The minimum absolute atomic E-state index is 0.0853. The molecule has 18 heavy (non-hydrogen) atoms. The number of cyclic esters (lactones) is 1. The third-order valence-corrected chi connectivity index (χ3v) is 2.81. The number of rotatable bonds is 2. The average Bonchev–Trinajstić information content (AvgIpc) is 3.04. The molecule has 0 radical (unpaired) electrons. The van der Waals surface area contributed by atoms with E-state index in [1.807, 2.05) is 0 Å². The van der Waals surface area contributed by atoms with Gasteiger partial charge in [0.2, 0.25) is 5.79 Å². The molecule has 1 aliphatic heterocycles. The fourth-order valence-electron chi connectivity index (χ4n) is 1.85. The van der Waals surface area contributed by atoms with Crippen LogP contribution in [0.2, 0.25) is 0 Å². The van der Waals surface area contributed by atoms with Gasteiger partial charge in [-0.2, -0.15) is 0 Å². The van der Waals surface area contributed by atoms with Crippen molar-refractivity contribution in [2.45, 2.75) is 38.6 Å². The number of benzene rings is 1. The summed E-state index contributed by atoms with van der Waals surface area (Å²) in [6.45, 7) is 3.23. The molecule has 1 aromatic carbocycles. The molecule has 1 aromatic rings. The van der Waals surface area contributed by atoms with E-state index in [0.29, 0.717) is 5.75 Å². The first-order chi connectivity index (χ1) is 8.46. The number of fused-ring (bicyclic) bond motifs is 1. The quantitative estimate of drug-likeness (QED) is 0.815. The minimum atomic E-state index is -1.08. The molecule has 3 rings (SSSR count). The molecule has 0 unspecified atom stereocenters. The summed E-state index contributed by atoms with van der Waals surface area (Å²) in [6.07, 6.45) is 2.12. The van der Waals surface area contributed by atoms with E-state index < -0.39 is 11.8 Å². The lowest BCUT2D eigenvalue weighted by Gasteiger charge is -2.32. The second-order valence-electron chi connectivity index (χ2n) is 5.00. The van der Waals surface area contributed by atoms with E-state index >= 15 is 0 Å². The molecule has 1 saturated carbocycles. The number of phenols is 1. The SMILES string of the molecule is CC1(C)OC(=O)c2c(OC3CC3)ccc(O)c2O1. The summed E-state index contributed by atoms with van der Waals surface area (Å²) in [5.74, 6) is -1.16. The molecule has 0 aromatic heterocycles.